The number of piperidine rings is 1. The third-order valence-corrected chi connectivity index (χ3v) is 3.85. The molecule has 0 bridgehead atoms. The van der Waals surface area contributed by atoms with Crippen LogP contribution in [0.15, 0.2) is 23.1 Å². The molecule has 1 aliphatic rings. The lowest BCUT2D eigenvalue weighted by Gasteiger charge is -2.34. The third kappa shape index (κ3) is 2.42. The molecule has 1 atom stereocenters. The molecule has 0 radical (unpaired) electrons. The number of halogens is 1. The summed E-state index contributed by atoms with van der Waals surface area (Å²) >= 11 is 3.35. The van der Waals surface area contributed by atoms with Gasteiger partial charge in [-0.2, -0.15) is 5.10 Å². The van der Waals surface area contributed by atoms with E-state index in [0.717, 1.165) is 36.1 Å². The smallest absolute Gasteiger partial charge is 0.270 e. The first-order valence-corrected chi connectivity index (χ1v) is 7.05. The lowest BCUT2D eigenvalue weighted by molar-refractivity contribution is 0.0595. The molecule has 1 aliphatic heterocycles. The normalized spacial score (nSPS) is 19.6. The quantitative estimate of drug-likeness (QED) is 0.889. The third-order valence-electron chi connectivity index (χ3n) is 3.39. The van der Waals surface area contributed by atoms with E-state index in [-0.39, 0.29) is 11.9 Å². The number of aromatic nitrogens is 4. The number of nitrogens with zero attached hydrogens (tertiary/aromatic N) is 3. The summed E-state index contributed by atoms with van der Waals surface area (Å²) in [5, 5.41) is 6.75. The molecule has 1 unspecified atom stereocenters. The van der Waals surface area contributed by atoms with Crippen LogP contribution in [0.25, 0.3) is 0 Å². The highest BCUT2D eigenvalue weighted by atomic mass is 79.9. The molecule has 0 aromatic carbocycles. The zero-order valence-corrected chi connectivity index (χ0v) is 11.9. The van der Waals surface area contributed by atoms with E-state index in [1.165, 1.54) is 6.33 Å². The summed E-state index contributed by atoms with van der Waals surface area (Å²) in [5.41, 5.74) is 0.596. The van der Waals surface area contributed by atoms with E-state index >= 15 is 0 Å². The molecule has 0 aliphatic carbocycles. The molecule has 1 amide bonds. The van der Waals surface area contributed by atoms with Crippen molar-refractivity contribution in [2.75, 3.05) is 6.54 Å². The summed E-state index contributed by atoms with van der Waals surface area (Å²) < 4.78 is 0.879. The molecule has 100 valence electrons. The van der Waals surface area contributed by atoms with E-state index in [1.54, 1.807) is 12.3 Å². The molecule has 2 aromatic heterocycles. The van der Waals surface area contributed by atoms with Crippen molar-refractivity contribution < 1.29 is 4.79 Å². The second kappa shape index (κ2) is 5.16. The second-order valence-electron chi connectivity index (χ2n) is 4.61. The van der Waals surface area contributed by atoms with E-state index in [4.69, 9.17) is 0 Å². The van der Waals surface area contributed by atoms with E-state index in [2.05, 4.69) is 36.1 Å². The van der Waals surface area contributed by atoms with Crippen molar-refractivity contribution in [1.29, 1.82) is 0 Å². The van der Waals surface area contributed by atoms with Crippen LogP contribution in [0.2, 0.25) is 0 Å². The predicted octanol–water partition coefficient (Wildman–Crippen LogP) is 2.26. The minimum atomic E-state index is -0.00849. The second-order valence-corrected chi connectivity index (χ2v) is 5.53. The Morgan fingerprint density at radius 1 is 1.47 bits per heavy atom. The zero-order valence-electron chi connectivity index (χ0n) is 10.3. The summed E-state index contributed by atoms with van der Waals surface area (Å²) in [6.07, 6.45) is 6.29. The van der Waals surface area contributed by atoms with Gasteiger partial charge in [0.1, 0.15) is 17.8 Å². The molecule has 2 N–H and O–H groups in total. The Bertz CT molecular complexity index is 564. The van der Waals surface area contributed by atoms with Crippen LogP contribution < -0.4 is 0 Å². The van der Waals surface area contributed by atoms with Gasteiger partial charge in [-0.3, -0.25) is 9.89 Å². The van der Waals surface area contributed by atoms with E-state index in [0.29, 0.717) is 5.69 Å². The maximum atomic E-state index is 12.5. The summed E-state index contributed by atoms with van der Waals surface area (Å²) in [5.74, 6) is 0.769. The maximum Gasteiger partial charge on any atom is 0.270 e. The number of hydrogen-bond acceptors (Lipinski definition) is 3. The first kappa shape index (κ1) is 12.4. The summed E-state index contributed by atoms with van der Waals surface area (Å²) in [6, 6.07) is 1.79. The van der Waals surface area contributed by atoms with Crippen molar-refractivity contribution in [3.05, 3.63) is 34.6 Å². The Balaban J connectivity index is 1.86. The average Bonchev–Trinajstić information content (AvgIpc) is 3.09. The molecule has 7 heteroatoms. The largest absolute Gasteiger partial charge is 0.356 e. The molecule has 6 nitrogen and oxygen atoms in total. The van der Waals surface area contributed by atoms with Gasteiger partial charge in [-0.1, -0.05) is 0 Å². The standard InChI is InChI=1S/C12H14BrN5O/c13-8-5-9(14-6-8)12(19)18-4-2-1-3-10(18)11-15-7-16-17-11/h5-7,10,14H,1-4H2,(H,15,16,17). The molecule has 1 saturated heterocycles. The number of amides is 1. The van der Waals surface area contributed by atoms with Crippen LogP contribution in [-0.2, 0) is 0 Å². The van der Waals surface area contributed by atoms with Crippen LogP contribution >= 0.6 is 15.9 Å². The van der Waals surface area contributed by atoms with Gasteiger partial charge in [-0.15, -0.1) is 0 Å². The van der Waals surface area contributed by atoms with Crippen LogP contribution in [-0.4, -0.2) is 37.5 Å². The van der Waals surface area contributed by atoms with Gasteiger partial charge < -0.3 is 9.88 Å². The SMILES string of the molecule is O=C(c1cc(Br)c[nH]1)N1CCCCC1c1ncn[nH]1. The number of carbonyl (C=O) groups is 1. The first-order valence-electron chi connectivity index (χ1n) is 6.26. The summed E-state index contributed by atoms with van der Waals surface area (Å²) in [4.78, 5) is 21.6. The van der Waals surface area contributed by atoms with Gasteiger partial charge in [0.15, 0.2) is 0 Å². The minimum absolute atomic E-state index is 0.00630. The molecule has 1 fully saturated rings. The van der Waals surface area contributed by atoms with Crippen LogP contribution in [0.4, 0.5) is 0 Å². The highest BCUT2D eigenvalue weighted by Crippen LogP contribution is 2.30. The van der Waals surface area contributed by atoms with Gasteiger partial charge in [-0.05, 0) is 41.3 Å². The van der Waals surface area contributed by atoms with E-state index in [9.17, 15) is 4.79 Å². The van der Waals surface area contributed by atoms with Crippen molar-refractivity contribution in [2.24, 2.45) is 0 Å². The average molecular weight is 324 g/mol. The summed E-state index contributed by atoms with van der Waals surface area (Å²) in [6.45, 7) is 0.751. The topological polar surface area (TPSA) is 77.7 Å². The van der Waals surface area contributed by atoms with Crippen LogP contribution in [0.3, 0.4) is 0 Å². The molecular weight excluding hydrogens is 310 g/mol. The molecule has 3 rings (SSSR count). The zero-order chi connectivity index (χ0) is 13.2. The predicted molar refractivity (Wildman–Crippen MR) is 72.5 cm³/mol. The lowest BCUT2D eigenvalue weighted by atomic mass is 10.0. The molecule has 3 heterocycles. The Hall–Kier alpha value is -1.63. The fourth-order valence-corrected chi connectivity index (χ4v) is 2.82. The van der Waals surface area contributed by atoms with E-state index in [1.807, 2.05) is 4.90 Å². The van der Waals surface area contributed by atoms with Crippen molar-refractivity contribution >= 4 is 21.8 Å². The molecule has 19 heavy (non-hydrogen) atoms. The Kier molecular flexibility index (Phi) is 3.37. The maximum absolute atomic E-state index is 12.5. The minimum Gasteiger partial charge on any atom is -0.356 e. The van der Waals surface area contributed by atoms with Crippen LogP contribution in [0, 0.1) is 0 Å². The van der Waals surface area contributed by atoms with Gasteiger partial charge in [0.2, 0.25) is 0 Å². The lowest BCUT2D eigenvalue weighted by Crippen LogP contribution is -2.39. The summed E-state index contributed by atoms with van der Waals surface area (Å²) in [7, 11) is 0. The monoisotopic (exact) mass is 323 g/mol. The fraction of sp³-hybridized carbons (Fsp3) is 0.417. The van der Waals surface area contributed by atoms with Crippen molar-refractivity contribution in [3.8, 4) is 0 Å². The van der Waals surface area contributed by atoms with Gasteiger partial charge in [-0.25, -0.2) is 4.98 Å². The number of rotatable bonds is 2. The molecule has 0 saturated carbocycles. The van der Waals surface area contributed by atoms with Crippen molar-refractivity contribution in [3.63, 3.8) is 0 Å². The van der Waals surface area contributed by atoms with Crippen LogP contribution in [0.1, 0.15) is 41.6 Å². The first-order chi connectivity index (χ1) is 9.25. The van der Waals surface area contributed by atoms with Crippen LogP contribution in [0.5, 0.6) is 0 Å². The number of nitrogens with one attached hydrogen (secondary N) is 2. The van der Waals surface area contributed by atoms with Gasteiger partial charge in [0.25, 0.3) is 5.91 Å². The van der Waals surface area contributed by atoms with Gasteiger partial charge in [0.05, 0.1) is 6.04 Å². The molecule has 0 spiro atoms. The fourth-order valence-electron chi connectivity index (χ4n) is 2.48. The van der Waals surface area contributed by atoms with Crippen molar-refractivity contribution in [2.45, 2.75) is 25.3 Å². The number of carbonyl (C=O) groups excluding carboxylic acids is 1. The Labute approximate surface area is 118 Å². The van der Waals surface area contributed by atoms with Gasteiger partial charge >= 0.3 is 0 Å². The number of hydrogen-bond donors (Lipinski definition) is 2. The number of likely N-dealkylation sites (tertiary alicyclic amines) is 1. The van der Waals surface area contributed by atoms with E-state index < -0.39 is 0 Å². The van der Waals surface area contributed by atoms with Gasteiger partial charge in [0, 0.05) is 17.2 Å². The molecule has 2 aromatic rings. The molecular formula is C12H14BrN5O. The van der Waals surface area contributed by atoms with Crippen molar-refractivity contribution in [1.82, 2.24) is 25.1 Å². The highest BCUT2D eigenvalue weighted by Gasteiger charge is 2.30. The highest BCUT2D eigenvalue weighted by molar-refractivity contribution is 9.10. The Morgan fingerprint density at radius 2 is 2.37 bits per heavy atom. The number of H-pyrrole nitrogens is 2. The Morgan fingerprint density at radius 3 is 3.05 bits per heavy atom. The number of aromatic amines is 2.